The maximum atomic E-state index is 2.69. The summed E-state index contributed by atoms with van der Waals surface area (Å²) < 4.78 is 0. The molecule has 0 saturated heterocycles. The predicted octanol–water partition coefficient (Wildman–Crippen LogP) is 2.20. The van der Waals surface area contributed by atoms with Gasteiger partial charge in [0.1, 0.15) is 0 Å². The zero-order chi connectivity index (χ0) is 10.6. The van der Waals surface area contributed by atoms with E-state index in [1.165, 1.54) is 38.8 Å². The monoisotopic (exact) mass is 198 g/mol. The Morgan fingerprint density at radius 1 is 1.07 bits per heavy atom. The molecule has 1 fully saturated rings. The standard InChI is InChI=1S/C12H26N2/c1-11(2)14(10-9-13(3)4)12-7-5-6-8-12/h11-12H,5-10H2,1-4H3. The van der Waals surface area contributed by atoms with E-state index in [9.17, 15) is 0 Å². The highest BCUT2D eigenvalue weighted by Gasteiger charge is 2.23. The molecule has 0 spiro atoms. The zero-order valence-corrected chi connectivity index (χ0v) is 10.3. The normalized spacial score (nSPS) is 19.1. The first-order valence-corrected chi connectivity index (χ1v) is 6.01. The summed E-state index contributed by atoms with van der Waals surface area (Å²) in [6.45, 7) is 7.08. The van der Waals surface area contributed by atoms with Crippen LogP contribution in [0.2, 0.25) is 0 Å². The van der Waals surface area contributed by atoms with Crippen LogP contribution in [0.1, 0.15) is 39.5 Å². The Labute approximate surface area is 89.3 Å². The molecule has 2 heteroatoms. The molecule has 0 aromatic heterocycles. The summed E-state index contributed by atoms with van der Waals surface area (Å²) in [5, 5.41) is 0. The van der Waals surface area contributed by atoms with Gasteiger partial charge in [0.2, 0.25) is 0 Å². The largest absolute Gasteiger partial charge is 0.308 e. The Hall–Kier alpha value is -0.0800. The summed E-state index contributed by atoms with van der Waals surface area (Å²) in [4.78, 5) is 4.97. The van der Waals surface area contributed by atoms with Crippen LogP contribution in [0.4, 0.5) is 0 Å². The topological polar surface area (TPSA) is 6.48 Å². The van der Waals surface area contributed by atoms with Crippen LogP contribution < -0.4 is 0 Å². The van der Waals surface area contributed by atoms with Crippen molar-refractivity contribution in [2.45, 2.75) is 51.6 Å². The van der Waals surface area contributed by atoms with Crippen LogP contribution in [0.3, 0.4) is 0 Å². The van der Waals surface area contributed by atoms with E-state index in [-0.39, 0.29) is 0 Å². The van der Waals surface area contributed by atoms with Crippen molar-refractivity contribution in [1.29, 1.82) is 0 Å². The molecule has 0 aromatic carbocycles. The fraction of sp³-hybridized carbons (Fsp3) is 1.00. The molecule has 0 bridgehead atoms. The molecule has 1 aliphatic rings. The number of likely N-dealkylation sites (N-methyl/N-ethyl adjacent to an activating group) is 1. The van der Waals surface area contributed by atoms with E-state index in [0.717, 1.165) is 6.04 Å². The minimum atomic E-state index is 0.707. The smallest absolute Gasteiger partial charge is 0.0115 e. The lowest BCUT2D eigenvalue weighted by molar-refractivity contribution is 0.141. The molecule has 0 radical (unpaired) electrons. The van der Waals surface area contributed by atoms with E-state index in [2.05, 4.69) is 37.7 Å². The molecule has 0 unspecified atom stereocenters. The highest BCUT2D eigenvalue weighted by molar-refractivity contribution is 4.79. The van der Waals surface area contributed by atoms with Gasteiger partial charge >= 0.3 is 0 Å². The van der Waals surface area contributed by atoms with Gasteiger partial charge in [-0.05, 0) is 40.8 Å². The van der Waals surface area contributed by atoms with E-state index < -0.39 is 0 Å². The van der Waals surface area contributed by atoms with Crippen LogP contribution in [0.25, 0.3) is 0 Å². The fourth-order valence-electron chi connectivity index (χ4n) is 2.41. The van der Waals surface area contributed by atoms with Gasteiger partial charge in [0.15, 0.2) is 0 Å². The fourth-order valence-corrected chi connectivity index (χ4v) is 2.41. The van der Waals surface area contributed by atoms with Crippen LogP contribution in [-0.2, 0) is 0 Å². The first-order chi connectivity index (χ1) is 6.61. The maximum Gasteiger partial charge on any atom is 0.0115 e. The Bertz CT molecular complexity index is 148. The van der Waals surface area contributed by atoms with Gasteiger partial charge < -0.3 is 4.90 Å². The van der Waals surface area contributed by atoms with Crippen LogP contribution in [0, 0.1) is 0 Å². The molecular formula is C12H26N2. The summed E-state index contributed by atoms with van der Waals surface area (Å²) in [6.07, 6.45) is 5.73. The Balaban J connectivity index is 2.37. The van der Waals surface area contributed by atoms with Gasteiger partial charge in [-0.2, -0.15) is 0 Å². The molecule has 84 valence electrons. The first kappa shape index (κ1) is 12.0. The van der Waals surface area contributed by atoms with Crippen molar-refractivity contribution >= 4 is 0 Å². The second-order valence-electron chi connectivity index (χ2n) is 5.07. The third-order valence-corrected chi connectivity index (χ3v) is 3.26. The highest BCUT2D eigenvalue weighted by atomic mass is 15.2. The SMILES string of the molecule is CC(C)N(CCN(C)C)C1CCCC1. The van der Waals surface area contributed by atoms with Crippen molar-refractivity contribution in [2.75, 3.05) is 27.2 Å². The average Bonchev–Trinajstić information content (AvgIpc) is 2.56. The molecule has 14 heavy (non-hydrogen) atoms. The Kier molecular flexibility index (Phi) is 4.90. The van der Waals surface area contributed by atoms with Crippen molar-refractivity contribution in [2.24, 2.45) is 0 Å². The molecule has 1 aliphatic carbocycles. The summed E-state index contributed by atoms with van der Waals surface area (Å²) in [5.41, 5.74) is 0. The minimum absolute atomic E-state index is 0.707. The first-order valence-electron chi connectivity index (χ1n) is 6.01. The average molecular weight is 198 g/mol. The van der Waals surface area contributed by atoms with E-state index in [0.29, 0.717) is 6.04 Å². The second-order valence-corrected chi connectivity index (χ2v) is 5.07. The van der Waals surface area contributed by atoms with E-state index in [1.807, 2.05) is 0 Å². The summed E-state index contributed by atoms with van der Waals surface area (Å²) in [6, 6.07) is 1.58. The molecule has 0 amide bonds. The van der Waals surface area contributed by atoms with Gasteiger partial charge in [0.05, 0.1) is 0 Å². The minimum Gasteiger partial charge on any atom is -0.308 e. The Morgan fingerprint density at radius 3 is 2.07 bits per heavy atom. The zero-order valence-electron chi connectivity index (χ0n) is 10.3. The molecule has 0 aromatic rings. The molecule has 2 nitrogen and oxygen atoms in total. The van der Waals surface area contributed by atoms with Crippen molar-refractivity contribution < 1.29 is 0 Å². The maximum absolute atomic E-state index is 2.69. The summed E-state index contributed by atoms with van der Waals surface area (Å²) >= 11 is 0. The summed E-state index contributed by atoms with van der Waals surface area (Å²) in [5.74, 6) is 0. The number of hydrogen-bond acceptors (Lipinski definition) is 2. The lowest BCUT2D eigenvalue weighted by Crippen LogP contribution is -2.42. The third kappa shape index (κ3) is 3.58. The van der Waals surface area contributed by atoms with Crippen LogP contribution >= 0.6 is 0 Å². The number of hydrogen-bond donors (Lipinski definition) is 0. The van der Waals surface area contributed by atoms with Crippen LogP contribution in [0.15, 0.2) is 0 Å². The van der Waals surface area contributed by atoms with Gasteiger partial charge in [0, 0.05) is 25.2 Å². The third-order valence-electron chi connectivity index (χ3n) is 3.26. The number of rotatable bonds is 5. The molecule has 0 heterocycles. The van der Waals surface area contributed by atoms with Crippen molar-refractivity contribution in [3.63, 3.8) is 0 Å². The van der Waals surface area contributed by atoms with Crippen LogP contribution in [0.5, 0.6) is 0 Å². The lowest BCUT2D eigenvalue weighted by atomic mass is 10.1. The molecule has 0 N–H and O–H groups in total. The van der Waals surface area contributed by atoms with E-state index in [4.69, 9.17) is 0 Å². The van der Waals surface area contributed by atoms with Gasteiger partial charge in [-0.25, -0.2) is 0 Å². The van der Waals surface area contributed by atoms with Crippen molar-refractivity contribution in [3.05, 3.63) is 0 Å². The quantitative estimate of drug-likeness (QED) is 0.668. The van der Waals surface area contributed by atoms with E-state index in [1.54, 1.807) is 0 Å². The summed E-state index contributed by atoms with van der Waals surface area (Å²) in [7, 11) is 4.32. The van der Waals surface area contributed by atoms with E-state index >= 15 is 0 Å². The van der Waals surface area contributed by atoms with Crippen LogP contribution in [-0.4, -0.2) is 49.1 Å². The molecule has 0 aliphatic heterocycles. The van der Waals surface area contributed by atoms with Crippen molar-refractivity contribution in [1.82, 2.24) is 9.80 Å². The van der Waals surface area contributed by atoms with Crippen molar-refractivity contribution in [3.8, 4) is 0 Å². The lowest BCUT2D eigenvalue weighted by Gasteiger charge is -2.33. The van der Waals surface area contributed by atoms with Gasteiger partial charge in [-0.1, -0.05) is 12.8 Å². The molecule has 1 rings (SSSR count). The Morgan fingerprint density at radius 2 is 1.64 bits per heavy atom. The predicted molar refractivity (Wildman–Crippen MR) is 62.7 cm³/mol. The molecule has 0 atom stereocenters. The van der Waals surface area contributed by atoms with Gasteiger partial charge in [-0.15, -0.1) is 0 Å². The second kappa shape index (κ2) is 5.72. The molecule has 1 saturated carbocycles. The van der Waals surface area contributed by atoms with Gasteiger partial charge in [0.25, 0.3) is 0 Å². The number of nitrogens with zero attached hydrogens (tertiary/aromatic N) is 2. The molecular weight excluding hydrogens is 172 g/mol. The highest BCUT2D eigenvalue weighted by Crippen LogP contribution is 2.24. The van der Waals surface area contributed by atoms with Gasteiger partial charge in [-0.3, -0.25) is 4.90 Å².